The predicted molar refractivity (Wildman–Crippen MR) is 143 cm³/mol. The first-order valence-corrected chi connectivity index (χ1v) is 13.1. The first kappa shape index (κ1) is 25.2. The van der Waals surface area contributed by atoms with Crippen LogP contribution in [0.3, 0.4) is 0 Å². The van der Waals surface area contributed by atoms with Gasteiger partial charge in [0, 0.05) is 29.5 Å². The molecule has 9 nitrogen and oxygen atoms in total. The van der Waals surface area contributed by atoms with E-state index in [1.807, 2.05) is 60.9 Å². The Hall–Kier alpha value is -3.50. The Morgan fingerprint density at radius 3 is 2.73 bits per heavy atom. The van der Waals surface area contributed by atoms with Crippen LogP contribution < -0.4 is 0 Å². The highest BCUT2D eigenvalue weighted by molar-refractivity contribution is 9.10. The van der Waals surface area contributed by atoms with Crippen molar-refractivity contribution in [2.24, 2.45) is 0 Å². The molecule has 0 radical (unpaired) electrons. The molecular formula is C26H24BrClN6O3. The maximum atomic E-state index is 12.8. The zero-order chi connectivity index (χ0) is 25.9. The van der Waals surface area contributed by atoms with E-state index in [0.717, 1.165) is 39.4 Å². The number of rotatable bonds is 9. The average Bonchev–Trinajstić information content (AvgIpc) is 3.63. The van der Waals surface area contributed by atoms with Crippen LogP contribution in [0, 0.1) is 0 Å². The molecule has 1 N–H and O–H groups in total. The predicted octanol–water partition coefficient (Wildman–Crippen LogP) is 6.46. The quantitative estimate of drug-likeness (QED) is 0.157. The van der Waals surface area contributed by atoms with Gasteiger partial charge in [0.05, 0.1) is 11.1 Å². The van der Waals surface area contributed by atoms with Gasteiger partial charge in [0.25, 0.3) is 0 Å². The first-order valence-electron chi connectivity index (χ1n) is 12.0. The lowest BCUT2D eigenvalue weighted by Gasteiger charge is -2.11. The van der Waals surface area contributed by atoms with E-state index in [1.54, 1.807) is 0 Å². The number of tetrazole rings is 1. The summed E-state index contributed by atoms with van der Waals surface area (Å²) in [6.07, 6.45) is 2.35. The Labute approximate surface area is 226 Å². The van der Waals surface area contributed by atoms with Crippen LogP contribution in [-0.4, -0.2) is 42.8 Å². The van der Waals surface area contributed by atoms with Crippen LogP contribution in [0.25, 0.3) is 33.7 Å². The van der Waals surface area contributed by atoms with Crippen LogP contribution in [0.2, 0.25) is 5.15 Å². The van der Waals surface area contributed by atoms with Crippen molar-refractivity contribution in [3.63, 3.8) is 0 Å². The maximum absolute atomic E-state index is 12.8. The Morgan fingerprint density at radius 2 is 2.00 bits per heavy atom. The molecule has 11 heteroatoms. The number of ether oxygens (including phenoxy) is 1. The molecule has 0 amide bonds. The second-order valence-electron chi connectivity index (χ2n) is 8.45. The lowest BCUT2D eigenvalue weighted by Crippen LogP contribution is -2.15. The molecule has 0 bridgehead atoms. The van der Waals surface area contributed by atoms with Gasteiger partial charge in [-0.05, 0) is 45.3 Å². The number of halogens is 2. The van der Waals surface area contributed by atoms with Gasteiger partial charge < -0.3 is 13.7 Å². The van der Waals surface area contributed by atoms with Crippen molar-refractivity contribution in [2.45, 2.75) is 39.7 Å². The third-order valence-electron chi connectivity index (χ3n) is 6.04. The largest absolute Gasteiger partial charge is 0.461 e. The number of H-pyrrole nitrogens is 1. The normalized spacial score (nSPS) is 11.4. The summed E-state index contributed by atoms with van der Waals surface area (Å²) in [5.41, 5.74) is 3.57. The molecule has 2 aromatic carbocycles. The number of imidazole rings is 1. The van der Waals surface area contributed by atoms with E-state index in [-0.39, 0.29) is 10.8 Å². The van der Waals surface area contributed by atoms with E-state index in [9.17, 15) is 4.79 Å². The van der Waals surface area contributed by atoms with Crippen LogP contribution in [0.1, 0.15) is 48.6 Å². The minimum atomic E-state index is -0.462. The van der Waals surface area contributed by atoms with Gasteiger partial charge in [-0.1, -0.05) is 62.2 Å². The molecule has 0 atom stereocenters. The maximum Gasteiger partial charge on any atom is 0.358 e. The molecule has 0 aliphatic rings. The summed E-state index contributed by atoms with van der Waals surface area (Å²) in [7, 11) is 0. The number of aromatic amines is 1. The zero-order valence-corrected chi connectivity index (χ0v) is 22.6. The second kappa shape index (κ2) is 10.9. The van der Waals surface area contributed by atoms with Gasteiger partial charge in [0.2, 0.25) is 5.82 Å². The molecular weight excluding hydrogens is 560 g/mol. The van der Waals surface area contributed by atoms with Gasteiger partial charge in [-0.15, -0.1) is 10.2 Å². The van der Waals surface area contributed by atoms with E-state index in [1.165, 1.54) is 0 Å². The smallest absolute Gasteiger partial charge is 0.358 e. The molecule has 0 unspecified atom stereocenters. The number of hydrogen-bond donors (Lipinski definition) is 1. The molecule has 37 heavy (non-hydrogen) atoms. The van der Waals surface area contributed by atoms with Crippen molar-refractivity contribution in [2.75, 3.05) is 6.61 Å². The van der Waals surface area contributed by atoms with E-state index in [2.05, 4.69) is 41.5 Å². The number of aromatic nitrogens is 6. The lowest BCUT2D eigenvalue weighted by molar-refractivity contribution is 0.0487. The summed E-state index contributed by atoms with van der Waals surface area (Å²) in [5, 5.41) is 15.5. The second-order valence-corrected chi connectivity index (χ2v) is 9.60. The first-order chi connectivity index (χ1) is 18.0. The van der Waals surface area contributed by atoms with Crippen LogP contribution in [0.15, 0.2) is 51.4 Å². The van der Waals surface area contributed by atoms with Crippen LogP contribution >= 0.6 is 27.5 Å². The highest BCUT2D eigenvalue weighted by Crippen LogP contribution is 2.41. The lowest BCUT2D eigenvalue weighted by atomic mass is 10.0. The number of carbonyl (C=O) groups excluding carboxylic acids is 1. The number of esters is 1. The van der Waals surface area contributed by atoms with Gasteiger partial charge in [-0.3, -0.25) is 0 Å². The number of aryl methyl sites for hydroxylation is 1. The number of hydrogen-bond acceptors (Lipinski definition) is 7. The number of benzene rings is 2. The average molecular weight is 584 g/mol. The monoisotopic (exact) mass is 582 g/mol. The van der Waals surface area contributed by atoms with Gasteiger partial charge >= 0.3 is 5.97 Å². The third-order valence-corrected chi connectivity index (χ3v) is 7.09. The van der Waals surface area contributed by atoms with Crippen molar-refractivity contribution >= 4 is 44.5 Å². The number of nitrogens with zero attached hydrogens (tertiary/aromatic N) is 5. The zero-order valence-electron chi connectivity index (χ0n) is 20.3. The summed E-state index contributed by atoms with van der Waals surface area (Å²) in [6.45, 7) is 4.77. The Kier molecular flexibility index (Phi) is 7.38. The third kappa shape index (κ3) is 4.91. The number of unbranched alkanes of at least 4 members (excludes halogenated alkanes) is 1. The molecule has 5 aromatic rings. The highest BCUT2D eigenvalue weighted by atomic mass is 79.9. The Morgan fingerprint density at radius 1 is 1.19 bits per heavy atom. The van der Waals surface area contributed by atoms with Crippen molar-refractivity contribution in [1.82, 2.24) is 30.2 Å². The molecule has 0 aliphatic heterocycles. The van der Waals surface area contributed by atoms with E-state index < -0.39 is 5.97 Å². The fourth-order valence-corrected chi connectivity index (χ4v) is 5.08. The summed E-state index contributed by atoms with van der Waals surface area (Å²) < 4.78 is 14.3. The van der Waals surface area contributed by atoms with Crippen LogP contribution in [0.4, 0.5) is 0 Å². The van der Waals surface area contributed by atoms with Crippen molar-refractivity contribution in [3.05, 3.63) is 69.2 Å². The van der Waals surface area contributed by atoms with Crippen LogP contribution in [-0.2, 0) is 17.7 Å². The van der Waals surface area contributed by atoms with Gasteiger partial charge in [0.1, 0.15) is 17.2 Å². The molecule has 0 saturated heterocycles. The number of carbonyl (C=O) groups is 1. The molecule has 0 spiro atoms. The van der Waals surface area contributed by atoms with Crippen LogP contribution in [0.5, 0.6) is 0 Å². The van der Waals surface area contributed by atoms with Gasteiger partial charge in [0.15, 0.2) is 10.8 Å². The standard InChI is InChI=1S/C26H24BrClN6O3/c1-3-5-12-36-26(35)22-24(28)29-20(4-2)34(22)14-15-10-11-19-18(13-15)21(27)23(37-19)16-8-6-7-9-17(16)25-30-32-33-31-25/h6-11,13H,3-5,12,14H2,1-2H3,(H,30,31,32,33). The fraction of sp³-hybridized carbons (Fsp3) is 0.269. The van der Waals surface area contributed by atoms with Gasteiger partial charge in [-0.25, -0.2) is 9.78 Å². The Balaban J connectivity index is 1.52. The van der Waals surface area contributed by atoms with E-state index in [4.69, 9.17) is 20.8 Å². The SMILES string of the molecule is CCCCOC(=O)c1c(Cl)nc(CC)n1Cc1ccc2oc(-c3ccccc3-c3nn[nH]n3)c(Br)c2c1. The molecule has 5 rings (SSSR count). The molecule has 0 aliphatic carbocycles. The van der Waals surface area contributed by atoms with Crippen molar-refractivity contribution < 1.29 is 13.9 Å². The molecule has 0 saturated carbocycles. The minimum absolute atomic E-state index is 0.157. The summed E-state index contributed by atoms with van der Waals surface area (Å²) in [6, 6.07) is 13.6. The van der Waals surface area contributed by atoms with Gasteiger partial charge in [-0.2, -0.15) is 5.21 Å². The van der Waals surface area contributed by atoms with E-state index in [0.29, 0.717) is 42.6 Å². The van der Waals surface area contributed by atoms with E-state index >= 15 is 0 Å². The number of nitrogens with one attached hydrogen (secondary N) is 1. The summed E-state index contributed by atoms with van der Waals surface area (Å²) >= 11 is 10.1. The van der Waals surface area contributed by atoms with Crippen molar-refractivity contribution in [1.29, 1.82) is 0 Å². The molecule has 0 fully saturated rings. The molecule has 190 valence electrons. The highest BCUT2D eigenvalue weighted by Gasteiger charge is 2.24. The molecule has 3 aromatic heterocycles. The van der Waals surface area contributed by atoms with Crippen molar-refractivity contribution in [3.8, 4) is 22.7 Å². The molecule has 3 heterocycles. The topological polar surface area (TPSA) is 112 Å². The number of fused-ring (bicyclic) bond motifs is 1. The Bertz CT molecular complexity index is 1560. The minimum Gasteiger partial charge on any atom is -0.461 e. The fourth-order valence-electron chi connectivity index (χ4n) is 4.20. The summed E-state index contributed by atoms with van der Waals surface area (Å²) in [5.74, 6) is 1.39. The number of furan rings is 1. The summed E-state index contributed by atoms with van der Waals surface area (Å²) in [4.78, 5) is 17.2.